The van der Waals surface area contributed by atoms with Gasteiger partial charge >= 0.3 is 0 Å². The molecule has 1 aromatic heterocycles. The maximum atomic E-state index is 13.4. The summed E-state index contributed by atoms with van der Waals surface area (Å²) in [5.74, 6) is -1.65. The molecule has 0 aliphatic heterocycles. The van der Waals surface area contributed by atoms with Gasteiger partial charge in [0.25, 0.3) is 0 Å². The van der Waals surface area contributed by atoms with Crippen LogP contribution in [0.2, 0.25) is 0 Å². The van der Waals surface area contributed by atoms with Crippen molar-refractivity contribution in [3.63, 3.8) is 0 Å². The summed E-state index contributed by atoms with van der Waals surface area (Å²) in [6.07, 6.45) is 0. The van der Waals surface area contributed by atoms with Crippen molar-refractivity contribution in [3.8, 4) is 11.4 Å². The largest absolute Gasteiger partial charge is 0.368 e. The molecule has 4 N–H and O–H groups in total. The predicted octanol–water partition coefficient (Wildman–Crippen LogP) is 0.981. The third-order valence-electron chi connectivity index (χ3n) is 1.84. The van der Waals surface area contributed by atoms with Crippen molar-refractivity contribution in [1.29, 1.82) is 0 Å². The fraction of sp³-hybridized carbons (Fsp3) is 0. The third-order valence-corrected chi connectivity index (χ3v) is 1.84. The average molecular weight is 223 g/mol. The maximum absolute atomic E-state index is 13.4. The van der Waals surface area contributed by atoms with Crippen LogP contribution in [0.3, 0.4) is 0 Å². The number of rotatable bonds is 1. The van der Waals surface area contributed by atoms with E-state index < -0.39 is 11.6 Å². The molecular weight excluding hydrogens is 216 g/mol. The van der Waals surface area contributed by atoms with Gasteiger partial charge in [0.2, 0.25) is 11.9 Å². The Morgan fingerprint density at radius 1 is 0.938 bits per heavy atom. The van der Waals surface area contributed by atoms with E-state index in [-0.39, 0.29) is 23.3 Å². The van der Waals surface area contributed by atoms with Gasteiger partial charge in [0.05, 0.1) is 5.56 Å². The second kappa shape index (κ2) is 3.69. The molecule has 7 heteroatoms. The van der Waals surface area contributed by atoms with Crippen LogP contribution in [0.5, 0.6) is 0 Å². The maximum Gasteiger partial charge on any atom is 0.225 e. The Bertz CT molecular complexity index is 523. The molecule has 2 aromatic rings. The quantitative estimate of drug-likeness (QED) is 0.752. The van der Waals surface area contributed by atoms with E-state index in [9.17, 15) is 8.78 Å². The number of anilines is 2. The number of nitrogens with two attached hydrogens (primary N) is 2. The summed E-state index contributed by atoms with van der Waals surface area (Å²) in [6.45, 7) is 0. The Balaban J connectivity index is 2.62. The lowest BCUT2D eigenvalue weighted by Crippen LogP contribution is -2.05. The Hall–Kier alpha value is -2.31. The molecule has 0 saturated carbocycles. The first-order valence-electron chi connectivity index (χ1n) is 4.28. The lowest BCUT2D eigenvalue weighted by molar-refractivity contribution is 0.602. The second-order valence-electron chi connectivity index (χ2n) is 3.00. The molecule has 0 atom stereocenters. The molecule has 16 heavy (non-hydrogen) atoms. The predicted molar refractivity (Wildman–Crippen MR) is 54.0 cm³/mol. The minimum absolute atomic E-state index is 0.0954. The van der Waals surface area contributed by atoms with Gasteiger partial charge in [-0.05, 0) is 18.2 Å². The molecule has 0 unspecified atom stereocenters. The van der Waals surface area contributed by atoms with Gasteiger partial charge < -0.3 is 11.5 Å². The first-order chi connectivity index (χ1) is 7.56. The number of hydrogen-bond donors (Lipinski definition) is 2. The molecule has 5 nitrogen and oxygen atoms in total. The number of benzene rings is 1. The van der Waals surface area contributed by atoms with E-state index in [1.807, 2.05) is 0 Å². The molecule has 0 spiro atoms. The molecule has 1 aromatic carbocycles. The van der Waals surface area contributed by atoms with E-state index in [2.05, 4.69) is 15.0 Å². The summed E-state index contributed by atoms with van der Waals surface area (Å²) in [5.41, 5.74) is 10.5. The summed E-state index contributed by atoms with van der Waals surface area (Å²) >= 11 is 0. The number of aromatic nitrogens is 3. The zero-order valence-electron chi connectivity index (χ0n) is 7.98. The summed E-state index contributed by atoms with van der Waals surface area (Å²) in [7, 11) is 0. The molecule has 0 amide bonds. The smallest absolute Gasteiger partial charge is 0.225 e. The molecule has 82 valence electrons. The Morgan fingerprint density at radius 3 is 2.19 bits per heavy atom. The Morgan fingerprint density at radius 2 is 1.56 bits per heavy atom. The van der Waals surface area contributed by atoms with Crippen LogP contribution in [-0.2, 0) is 0 Å². The normalized spacial score (nSPS) is 10.4. The van der Waals surface area contributed by atoms with Gasteiger partial charge in [0.1, 0.15) is 11.6 Å². The highest BCUT2D eigenvalue weighted by Crippen LogP contribution is 2.20. The van der Waals surface area contributed by atoms with Crippen molar-refractivity contribution in [2.75, 3.05) is 11.5 Å². The van der Waals surface area contributed by atoms with E-state index in [1.54, 1.807) is 0 Å². The highest BCUT2D eigenvalue weighted by Gasteiger charge is 2.11. The minimum atomic E-state index is -0.661. The van der Waals surface area contributed by atoms with E-state index >= 15 is 0 Å². The lowest BCUT2D eigenvalue weighted by atomic mass is 10.2. The van der Waals surface area contributed by atoms with Crippen LogP contribution < -0.4 is 11.5 Å². The standard InChI is InChI=1S/C9H7F2N5/c10-4-1-2-6(11)5(3-4)7-14-8(12)16-9(13)15-7/h1-3H,(H4,12,13,14,15,16). The molecule has 0 aliphatic carbocycles. The van der Waals surface area contributed by atoms with Gasteiger partial charge in [-0.15, -0.1) is 0 Å². The molecular formula is C9H7F2N5. The highest BCUT2D eigenvalue weighted by molar-refractivity contribution is 5.58. The zero-order chi connectivity index (χ0) is 11.7. The van der Waals surface area contributed by atoms with Crippen LogP contribution in [0.15, 0.2) is 18.2 Å². The Kier molecular flexibility index (Phi) is 2.35. The van der Waals surface area contributed by atoms with Gasteiger partial charge in [-0.1, -0.05) is 0 Å². The zero-order valence-corrected chi connectivity index (χ0v) is 7.98. The van der Waals surface area contributed by atoms with E-state index in [1.165, 1.54) is 0 Å². The van der Waals surface area contributed by atoms with E-state index in [0.29, 0.717) is 0 Å². The third kappa shape index (κ3) is 1.88. The lowest BCUT2D eigenvalue weighted by Gasteiger charge is -2.03. The summed E-state index contributed by atoms with van der Waals surface area (Å²) < 4.78 is 26.3. The van der Waals surface area contributed by atoms with E-state index in [0.717, 1.165) is 18.2 Å². The number of nitrogen functional groups attached to an aromatic ring is 2. The second-order valence-corrected chi connectivity index (χ2v) is 3.00. The average Bonchev–Trinajstić information content (AvgIpc) is 2.20. The van der Waals surface area contributed by atoms with Crippen LogP contribution >= 0.6 is 0 Å². The van der Waals surface area contributed by atoms with Crippen LogP contribution in [-0.4, -0.2) is 15.0 Å². The number of halogens is 2. The van der Waals surface area contributed by atoms with Crippen LogP contribution in [0.4, 0.5) is 20.7 Å². The van der Waals surface area contributed by atoms with Gasteiger partial charge in [0.15, 0.2) is 5.82 Å². The molecule has 2 rings (SSSR count). The summed E-state index contributed by atoms with van der Waals surface area (Å²) in [4.78, 5) is 10.9. The van der Waals surface area contributed by atoms with Crippen molar-refractivity contribution < 1.29 is 8.78 Å². The van der Waals surface area contributed by atoms with Crippen molar-refractivity contribution in [3.05, 3.63) is 29.8 Å². The molecule has 0 fully saturated rings. The molecule has 0 saturated heterocycles. The van der Waals surface area contributed by atoms with Gasteiger partial charge in [-0.25, -0.2) is 8.78 Å². The van der Waals surface area contributed by atoms with Crippen molar-refractivity contribution in [2.45, 2.75) is 0 Å². The minimum Gasteiger partial charge on any atom is -0.368 e. The van der Waals surface area contributed by atoms with Gasteiger partial charge in [-0.2, -0.15) is 15.0 Å². The fourth-order valence-electron chi connectivity index (χ4n) is 1.20. The number of hydrogen-bond acceptors (Lipinski definition) is 5. The molecule has 0 bridgehead atoms. The summed E-state index contributed by atoms with van der Waals surface area (Å²) in [5, 5.41) is 0. The first kappa shape index (κ1) is 10.2. The molecule has 1 heterocycles. The van der Waals surface area contributed by atoms with Crippen LogP contribution in [0, 0.1) is 11.6 Å². The topological polar surface area (TPSA) is 90.7 Å². The van der Waals surface area contributed by atoms with Crippen LogP contribution in [0.1, 0.15) is 0 Å². The fourth-order valence-corrected chi connectivity index (χ4v) is 1.20. The monoisotopic (exact) mass is 223 g/mol. The summed E-state index contributed by atoms with van der Waals surface area (Å²) in [6, 6.07) is 2.93. The van der Waals surface area contributed by atoms with Crippen molar-refractivity contribution >= 4 is 11.9 Å². The van der Waals surface area contributed by atoms with Crippen molar-refractivity contribution in [2.24, 2.45) is 0 Å². The van der Waals surface area contributed by atoms with Crippen molar-refractivity contribution in [1.82, 2.24) is 15.0 Å². The van der Waals surface area contributed by atoms with E-state index in [4.69, 9.17) is 11.5 Å². The molecule has 0 radical (unpaired) electrons. The van der Waals surface area contributed by atoms with Gasteiger partial charge in [-0.3, -0.25) is 0 Å². The SMILES string of the molecule is Nc1nc(N)nc(-c2cc(F)ccc2F)n1. The molecule has 0 aliphatic rings. The van der Waals surface area contributed by atoms with Gasteiger partial charge in [0, 0.05) is 0 Å². The Labute approximate surface area is 89.2 Å². The number of nitrogens with zero attached hydrogens (tertiary/aromatic N) is 3. The highest BCUT2D eigenvalue weighted by atomic mass is 19.1. The first-order valence-corrected chi connectivity index (χ1v) is 4.28. The van der Waals surface area contributed by atoms with Crippen LogP contribution in [0.25, 0.3) is 11.4 Å².